The fraction of sp³-hybridized carbons (Fsp3) is 0.429. The van der Waals surface area contributed by atoms with Gasteiger partial charge in [-0.3, -0.25) is 0 Å². The summed E-state index contributed by atoms with van der Waals surface area (Å²) in [6.07, 6.45) is -9.24. The maximum atomic E-state index is 12.8. The molecule has 2 aromatic rings. The van der Waals surface area contributed by atoms with Gasteiger partial charge in [0.15, 0.2) is 5.82 Å². The monoisotopic (exact) mass is 380 g/mol. The van der Waals surface area contributed by atoms with Crippen molar-refractivity contribution in [3.63, 3.8) is 0 Å². The highest BCUT2D eigenvalue weighted by Crippen LogP contribution is 2.29. The number of anilines is 2. The largest absolute Gasteiger partial charge is 0.433 e. The zero-order valence-electron chi connectivity index (χ0n) is 13.6. The van der Waals surface area contributed by atoms with E-state index in [1.54, 1.807) is 6.92 Å². The third kappa shape index (κ3) is 4.92. The summed E-state index contributed by atoms with van der Waals surface area (Å²) in [5, 5.41) is 4.74. The summed E-state index contributed by atoms with van der Waals surface area (Å²) in [5.74, 6) is -0.817. The maximum absolute atomic E-state index is 12.8. The number of nitrogens with zero attached hydrogens (tertiary/aromatic N) is 4. The molecule has 142 valence electrons. The van der Waals surface area contributed by atoms with Crippen molar-refractivity contribution in [3.8, 4) is 11.5 Å². The fourth-order valence-corrected chi connectivity index (χ4v) is 1.78. The molecule has 1 unspecified atom stereocenters. The Kier molecular flexibility index (Phi) is 5.52. The molecule has 2 aromatic heterocycles. The van der Waals surface area contributed by atoms with Gasteiger partial charge in [-0.25, -0.2) is 4.98 Å². The number of hydrogen-bond acceptors (Lipinski definition) is 6. The number of aromatic nitrogens is 4. The van der Waals surface area contributed by atoms with Crippen LogP contribution in [0.3, 0.4) is 0 Å². The Balaban J connectivity index is 2.45. The smallest absolute Gasteiger partial charge is 0.354 e. The molecule has 2 heterocycles. The minimum atomic E-state index is -4.68. The fourth-order valence-electron chi connectivity index (χ4n) is 1.78. The van der Waals surface area contributed by atoms with Crippen LogP contribution in [0, 0.1) is 0 Å². The number of nitrogens with one attached hydrogen (secondary N) is 2. The Morgan fingerprint density at radius 2 is 1.62 bits per heavy atom. The molecule has 0 amide bonds. The number of hydrogen-bond donors (Lipinski definition) is 2. The molecule has 0 bridgehead atoms. The minimum absolute atomic E-state index is 0.0893. The van der Waals surface area contributed by atoms with Crippen molar-refractivity contribution in [2.24, 2.45) is 0 Å². The molecule has 6 nitrogen and oxygen atoms in total. The van der Waals surface area contributed by atoms with Crippen molar-refractivity contribution in [2.75, 3.05) is 17.2 Å². The van der Waals surface area contributed by atoms with Gasteiger partial charge in [0, 0.05) is 6.54 Å². The first-order valence-corrected chi connectivity index (χ1v) is 7.38. The summed E-state index contributed by atoms with van der Waals surface area (Å²) in [7, 11) is 0. The summed E-state index contributed by atoms with van der Waals surface area (Å²) in [6.45, 7) is 2.89. The molecule has 0 aliphatic rings. The Morgan fingerprint density at radius 1 is 0.962 bits per heavy atom. The van der Waals surface area contributed by atoms with Crippen molar-refractivity contribution < 1.29 is 26.3 Å². The van der Waals surface area contributed by atoms with Crippen LogP contribution in [0.5, 0.6) is 0 Å². The van der Waals surface area contributed by atoms with Crippen LogP contribution in [-0.2, 0) is 6.18 Å². The standard InChI is InChI=1S/C14H14F6N6/c1-3-21-11-24-10(8-5-4-6-9(23-8)14(18,19)20)25-12(26-11)22-7(2)13(15,16)17/h4-7H,3H2,1-2H3,(H2,21,22,24,25,26). The number of pyridine rings is 1. The van der Waals surface area contributed by atoms with Crippen LogP contribution in [0.15, 0.2) is 18.2 Å². The molecule has 2 N–H and O–H groups in total. The first-order valence-electron chi connectivity index (χ1n) is 7.38. The molecule has 0 saturated heterocycles. The van der Waals surface area contributed by atoms with E-state index in [0.29, 0.717) is 6.54 Å². The van der Waals surface area contributed by atoms with Gasteiger partial charge < -0.3 is 10.6 Å². The van der Waals surface area contributed by atoms with Crippen LogP contribution in [-0.4, -0.2) is 38.7 Å². The molecule has 0 saturated carbocycles. The van der Waals surface area contributed by atoms with E-state index in [4.69, 9.17) is 0 Å². The van der Waals surface area contributed by atoms with Gasteiger partial charge in [0.1, 0.15) is 17.4 Å². The van der Waals surface area contributed by atoms with Crippen LogP contribution >= 0.6 is 0 Å². The highest BCUT2D eigenvalue weighted by Gasteiger charge is 2.37. The molecule has 0 aliphatic heterocycles. The van der Waals surface area contributed by atoms with Gasteiger partial charge >= 0.3 is 12.4 Å². The van der Waals surface area contributed by atoms with Gasteiger partial charge in [-0.05, 0) is 26.0 Å². The lowest BCUT2D eigenvalue weighted by Gasteiger charge is -2.17. The molecule has 26 heavy (non-hydrogen) atoms. The lowest BCUT2D eigenvalue weighted by molar-refractivity contribution is -0.141. The highest BCUT2D eigenvalue weighted by molar-refractivity contribution is 5.54. The number of alkyl halides is 6. The first kappa shape index (κ1) is 19.7. The van der Waals surface area contributed by atoms with Crippen LogP contribution in [0.25, 0.3) is 11.5 Å². The van der Waals surface area contributed by atoms with Gasteiger partial charge in [-0.15, -0.1) is 0 Å². The third-order valence-corrected chi connectivity index (χ3v) is 3.08. The van der Waals surface area contributed by atoms with Crippen molar-refractivity contribution in [1.29, 1.82) is 0 Å². The van der Waals surface area contributed by atoms with E-state index in [1.165, 1.54) is 6.07 Å². The summed E-state index contributed by atoms with van der Waals surface area (Å²) < 4.78 is 76.5. The second kappa shape index (κ2) is 7.30. The number of rotatable bonds is 5. The zero-order valence-corrected chi connectivity index (χ0v) is 13.6. The van der Waals surface area contributed by atoms with Gasteiger partial charge in [-0.2, -0.15) is 41.3 Å². The zero-order chi connectivity index (χ0) is 19.5. The van der Waals surface area contributed by atoms with Gasteiger partial charge in [-0.1, -0.05) is 6.07 Å². The molecule has 0 aromatic carbocycles. The SMILES string of the molecule is CCNc1nc(NC(C)C(F)(F)F)nc(-c2cccc(C(F)(F)F)n2)n1. The lowest BCUT2D eigenvalue weighted by Crippen LogP contribution is -2.34. The quantitative estimate of drug-likeness (QED) is 0.770. The molecular weight excluding hydrogens is 366 g/mol. The molecule has 1 atom stereocenters. The maximum Gasteiger partial charge on any atom is 0.433 e. The summed E-state index contributed by atoms with van der Waals surface area (Å²) >= 11 is 0. The first-order chi connectivity index (χ1) is 12.0. The summed E-state index contributed by atoms with van der Waals surface area (Å²) in [6, 6.07) is 1.12. The van der Waals surface area contributed by atoms with Crippen LogP contribution < -0.4 is 10.6 Å². The lowest BCUT2D eigenvalue weighted by atomic mass is 10.3. The summed E-state index contributed by atoms with van der Waals surface area (Å²) in [5.41, 5.74) is -1.41. The van der Waals surface area contributed by atoms with E-state index in [9.17, 15) is 26.3 Å². The molecule has 12 heteroatoms. The molecule has 0 spiro atoms. The van der Waals surface area contributed by atoms with Gasteiger partial charge in [0.2, 0.25) is 11.9 Å². The predicted octanol–water partition coefficient (Wildman–Crippen LogP) is 3.75. The van der Waals surface area contributed by atoms with E-state index in [1.807, 2.05) is 0 Å². The normalized spacial score (nSPS) is 13.4. The molecule has 0 aliphatic carbocycles. The van der Waals surface area contributed by atoms with Gasteiger partial charge in [0.25, 0.3) is 0 Å². The average molecular weight is 380 g/mol. The van der Waals surface area contributed by atoms with Crippen molar-refractivity contribution >= 4 is 11.9 Å². The molecule has 2 rings (SSSR count). The van der Waals surface area contributed by atoms with Crippen molar-refractivity contribution in [2.45, 2.75) is 32.2 Å². The third-order valence-electron chi connectivity index (χ3n) is 3.08. The Labute approximate surface area is 144 Å². The minimum Gasteiger partial charge on any atom is -0.354 e. The van der Waals surface area contributed by atoms with E-state index in [2.05, 4.69) is 30.6 Å². The highest BCUT2D eigenvalue weighted by atomic mass is 19.4. The van der Waals surface area contributed by atoms with Gasteiger partial charge in [0.05, 0.1) is 0 Å². The second-order valence-electron chi connectivity index (χ2n) is 5.15. The molecular formula is C14H14F6N6. The average Bonchev–Trinajstić information content (AvgIpc) is 2.53. The van der Waals surface area contributed by atoms with Crippen LogP contribution in [0.2, 0.25) is 0 Å². The topological polar surface area (TPSA) is 75.6 Å². The number of halogens is 6. The molecule has 0 radical (unpaired) electrons. The van der Waals surface area contributed by atoms with Crippen molar-refractivity contribution in [1.82, 2.24) is 19.9 Å². The van der Waals surface area contributed by atoms with E-state index in [-0.39, 0.29) is 17.5 Å². The molecule has 0 fully saturated rings. The van der Waals surface area contributed by atoms with E-state index >= 15 is 0 Å². The van der Waals surface area contributed by atoms with Crippen LogP contribution in [0.4, 0.5) is 38.2 Å². The Bertz CT molecular complexity index is 760. The Hall–Kier alpha value is -2.66. The van der Waals surface area contributed by atoms with Crippen LogP contribution in [0.1, 0.15) is 19.5 Å². The van der Waals surface area contributed by atoms with E-state index in [0.717, 1.165) is 19.1 Å². The second-order valence-corrected chi connectivity index (χ2v) is 5.15. The predicted molar refractivity (Wildman–Crippen MR) is 81.4 cm³/mol. The van der Waals surface area contributed by atoms with Crippen molar-refractivity contribution in [3.05, 3.63) is 23.9 Å². The van der Waals surface area contributed by atoms with E-state index < -0.39 is 30.0 Å². The Morgan fingerprint density at radius 3 is 2.19 bits per heavy atom. The summed E-state index contributed by atoms with van der Waals surface area (Å²) in [4.78, 5) is 14.9.